The van der Waals surface area contributed by atoms with E-state index in [-0.39, 0.29) is 24.9 Å². The second-order valence-corrected chi connectivity index (χ2v) is 5.30. The highest BCUT2D eigenvalue weighted by molar-refractivity contribution is 5.93. The number of aliphatic hydroxyl groups excluding tert-OH is 1. The summed E-state index contributed by atoms with van der Waals surface area (Å²) in [6.07, 6.45) is 0.0414. The van der Waals surface area contributed by atoms with Crippen LogP contribution in [0.3, 0.4) is 0 Å². The molecular weight excluding hydrogens is 292 g/mol. The molecule has 3 atom stereocenters. The molecule has 1 aromatic rings. The zero-order valence-electron chi connectivity index (χ0n) is 12.4. The van der Waals surface area contributed by atoms with Crippen molar-refractivity contribution in [2.24, 2.45) is 11.7 Å². The SMILES string of the molecule is CC(C)[C@H](N)C(=O)Nc1ccn([C@@H]2COC(CO)O2)c(=O)n1. The van der Waals surface area contributed by atoms with E-state index < -0.39 is 30.2 Å². The van der Waals surface area contributed by atoms with Crippen LogP contribution in [-0.2, 0) is 14.3 Å². The number of carbonyl (C=O) groups is 1. The molecule has 0 aliphatic carbocycles. The molecule has 2 rings (SSSR count). The molecule has 1 unspecified atom stereocenters. The second-order valence-electron chi connectivity index (χ2n) is 5.30. The molecule has 1 aromatic heterocycles. The van der Waals surface area contributed by atoms with Crippen LogP contribution in [0, 0.1) is 5.92 Å². The van der Waals surface area contributed by atoms with Crippen LogP contribution in [0.25, 0.3) is 0 Å². The van der Waals surface area contributed by atoms with E-state index in [1.807, 2.05) is 13.8 Å². The van der Waals surface area contributed by atoms with Gasteiger partial charge < -0.3 is 25.6 Å². The lowest BCUT2D eigenvalue weighted by molar-refractivity contribution is -0.118. The van der Waals surface area contributed by atoms with Crippen LogP contribution in [0.2, 0.25) is 0 Å². The van der Waals surface area contributed by atoms with Crippen LogP contribution in [0.15, 0.2) is 17.1 Å². The average molecular weight is 312 g/mol. The average Bonchev–Trinajstić information content (AvgIpc) is 2.95. The Labute approximate surface area is 127 Å². The van der Waals surface area contributed by atoms with Gasteiger partial charge in [0.05, 0.1) is 19.3 Å². The van der Waals surface area contributed by atoms with Gasteiger partial charge in [0.1, 0.15) is 5.82 Å². The van der Waals surface area contributed by atoms with E-state index in [1.54, 1.807) is 0 Å². The van der Waals surface area contributed by atoms with Gasteiger partial charge in [0.15, 0.2) is 12.5 Å². The monoisotopic (exact) mass is 312 g/mol. The Morgan fingerprint density at radius 2 is 2.36 bits per heavy atom. The summed E-state index contributed by atoms with van der Waals surface area (Å²) in [5.41, 5.74) is 5.13. The van der Waals surface area contributed by atoms with Crippen molar-refractivity contribution in [3.63, 3.8) is 0 Å². The number of hydrogen-bond acceptors (Lipinski definition) is 7. The van der Waals surface area contributed by atoms with Gasteiger partial charge >= 0.3 is 5.69 Å². The number of ether oxygens (including phenoxy) is 2. The molecule has 9 heteroatoms. The Kier molecular flexibility index (Phi) is 5.24. The maximum absolute atomic E-state index is 12.0. The number of nitrogens with zero attached hydrogens (tertiary/aromatic N) is 2. The third-order valence-electron chi connectivity index (χ3n) is 3.30. The maximum atomic E-state index is 12.0. The first-order valence-corrected chi connectivity index (χ1v) is 6.96. The highest BCUT2D eigenvalue weighted by atomic mass is 16.7. The molecule has 0 aromatic carbocycles. The highest BCUT2D eigenvalue weighted by Gasteiger charge is 2.27. The predicted molar refractivity (Wildman–Crippen MR) is 76.9 cm³/mol. The van der Waals surface area contributed by atoms with Crippen LogP contribution in [0.5, 0.6) is 0 Å². The first kappa shape index (κ1) is 16.6. The van der Waals surface area contributed by atoms with Gasteiger partial charge in [0, 0.05) is 6.20 Å². The number of nitrogens with one attached hydrogen (secondary N) is 1. The molecule has 22 heavy (non-hydrogen) atoms. The molecule has 4 N–H and O–H groups in total. The fourth-order valence-corrected chi connectivity index (χ4v) is 1.90. The van der Waals surface area contributed by atoms with Crippen LogP contribution in [0.1, 0.15) is 20.1 Å². The molecule has 0 radical (unpaired) electrons. The van der Waals surface area contributed by atoms with Crippen LogP contribution in [-0.4, -0.2) is 46.1 Å². The number of carbonyl (C=O) groups excluding carboxylic acids is 1. The molecule has 0 saturated carbocycles. The van der Waals surface area contributed by atoms with E-state index in [4.69, 9.17) is 20.3 Å². The summed E-state index contributed by atoms with van der Waals surface area (Å²) in [6.45, 7) is 3.49. The zero-order chi connectivity index (χ0) is 16.3. The fourth-order valence-electron chi connectivity index (χ4n) is 1.90. The van der Waals surface area contributed by atoms with Crippen molar-refractivity contribution in [3.05, 3.63) is 22.7 Å². The van der Waals surface area contributed by atoms with Crippen molar-refractivity contribution in [2.75, 3.05) is 18.5 Å². The van der Waals surface area contributed by atoms with Crippen LogP contribution in [0.4, 0.5) is 5.82 Å². The van der Waals surface area contributed by atoms with E-state index in [1.165, 1.54) is 16.8 Å². The fraction of sp³-hybridized carbons (Fsp3) is 0.615. The van der Waals surface area contributed by atoms with Gasteiger partial charge in [-0.05, 0) is 12.0 Å². The molecule has 1 saturated heterocycles. The number of hydrogen-bond donors (Lipinski definition) is 3. The van der Waals surface area contributed by atoms with E-state index in [2.05, 4.69) is 10.3 Å². The molecule has 2 heterocycles. The summed E-state index contributed by atoms with van der Waals surface area (Å²) in [7, 11) is 0. The molecule has 0 bridgehead atoms. The molecule has 1 amide bonds. The van der Waals surface area contributed by atoms with Crippen molar-refractivity contribution >= 4 is 11.7 Å². The number of aliphatic hydroxyl groups is 1. The van der Waals surface area contributed by atoms with Crippen molar-refractivity contribution in [1.29, 1.82) is 0 Å². The Bertz CT molecular complexity index is 588. The number of rotatable bonds is 5. The lowest BCUT2D eigenvalue weighted by Gasteiger charge is -2.16. The number of aromatic nitrogens is 2. The van der Waals surface area contributed by atoms with Crippen molar-refractivity contribution in [3.8, 4) is 0 Å². The Morgan fingerprint density at radius 1 is 1.64 bits per heavy atom. The van der Waals surface area contributed by atoms with E-state index >= 15 is 0 Å². The third-order valence-corrected chi connectivity index (χ3v) is 3.30. The van der Waals surface area contributed by atoms with E-state index in [0.717, 1.165) is 0 Å². The standard InChI is InChI=1S/C13H20N4O5/c1-7(2)11(14)12(19)15-8-3-4-17(13(20)16-8)9-6-21-10(5-18)22-9/h3-4,7,9-11,18H,5-6,14H2,1-2H3,(H,15,16,19,20)/t9-,10?,11-/m0/s1. The smallest absolute Gasteiger partial charge is 0.351 e. The molecule has 9 nitrogen and oxygen atoms in total. The molecule has 1 aliphatic rings. The topological polar surface area (TPSA) is 129 Å². The van der Waals surface area contributed by atoms with Gasteiger partial charge in [0.2, 0.25) is 5.91 Å². The third kappa shape index (κ3) is 3.69. The van der Waals surface area contributed by atoms with Crippen LogP contribution < -0.4 is 16.7 Å². The van der Waals surface area contributed by atoms with Gasteiger partial charge in [-0.2, -0.15) is 4.98 Å². The van der Waals surface area contributed by atoms with Crippen molar-refractivity contribution in [2.45, 2.75) is 32.4 Å². The van der Waals surface area contributed by atoms with Gasteiger partial charge in [-0.25, -0.2) is 4.79 Å². The van der Waals surface area contributed by atoms with E-state index in [9.17, 15) is 9.59 Å². The van der Waals surface area contributed by atoms with Gasteiger partial charge in [-0.15, -0.1) is 0 Å². The highest BCUT2D eigenvalue weighted by Crippen LogP contribution is 2.19. The summed E-state index contributed by atoms with van der Waals surface area (Å²) in [5, 5.41) is 11.4. The molecular formula is C13H20N4O5. The van der Waals surface area contributed by atoms with Gasteiger partial charge in [-0.3, -0.25) is 9.36 Å². The molecule has 122 valence electrons. The van der Waals surface area contributed by atoms with Crippen molar-refractivity contribution in [1.82, 2.24) is 9.55 Å². The lowest BCUT2D eigenvalue weighted by atomic mass is 10.1. The number of anilines is 1. The minimum absolute atomic E-state index is 0.0279. The summed E-state index contributed by atoms with van der Waals surface area (Å²) in [5.74, 6) is -0.305. The Morgan fingerprint density at radius 3 is 2.91 bits per heavy atom. The summed E-state index contributed by atoms with van der Waals surface area (Å²) >= 11 is 0. The predicted octanol–water partition coefficient (Wildman–Crippen LogP) is -0.971. The van der Waals surface area contributed by atoms with Crippen LogP contribution >= 0.6 is 0 Å². The largest absolute Gasteiger partial charge is 0.391 e. The quantitative estimate of drug-likeness (QED) is 0.638. The number of amides is 1. The van der Waals surface area contributed by atoms with Gasteiger partial charge in [-0.1, -0.05) is 13.8 Å². The maximum Gasteiger partial charge on any atom is 0.351 e. The Hall–Kier alpha value is -1.81. The van der Waals surface area contributed by atoms with Crippen molar-refractivity contribution < 1.29 is 19.4 Å². The van der Waals surface area contributed by atoms with E-state index in [0.29, 0.717) is 0 Å². The first-order valence-electron chi connectivity index (χ1n) is 6.96. The first-order chi connectivity index (χ1) is 10.4. The second kappa shape index (κ2) is 6.97. The minimum atomic E-state index is -0.750. The molecule has 0 spiro atoms. The molecule has 1 fully saturated rings. The minimum Gasteiger partial charge on any atom is -0.391 e. The summed E-state index contributed by atoms with van der Waals surface area (Å²) in [6, 6.07) is 0.795. The van der Waals surface area contributed by atoms with Gasteiger partial charge in [0.25, 0.3) is 0 Å². The lowest BCUT2D eigenvalue weighted by Crippen LogP contribution is -2.40. The number of nitrogens with two attached hydrogens (primary N) is 1. The Balaban J connectivity index is 2.07. The zero-order valence-corrected chi connectivity index (χ0v) is 12.4. The normalized spacial score (nSPS) is 22.8. The molecule has 1 aliphatic heterocycles. The summed E-state index contributed by atoms with van der Waals surface area (Å²) < 4.78 is 11.7. The summed E-state index contributed by atoms with van der Waals surface area (Å²) in [4.78, 5) is 27.6.